The van der Waals surface area contributed by atoms with Gasteiger partial charge in [0.15, 0.2) is 5.78 Å². The quantitative estimate of drug-likeness (QED) is 0.247. The first-order chi connectivity index (χ1) is 18.1. The molecular formula is C29H20O9. The average Bonchev–Trinajstić information content (AvgIpc) is 2.93. The summed E-state index contributed by atoms with van der Waals surface area (Å²) in [6.45, 7) is 0. The van der Waals surface area contributed by atoms with Crippen molar-refractivity contribution in [1.29, 1.82) is 0 Å². The van der Waals surface area contributed by atoms with Gasteiger partial charge in [0, 0.05) is 11.1 Å². The van der Waals surface area contributed by atoms with Gasteiger partial charge in [-0.15, -0.1) is 0 Å². The summed E-state index contributed by atoms with van der Waals surface area (Å²) < 4.78 is 0. The van der Waals surface area contributed by atoms with E-state index in [0.29, 0.717) is 0 Å². The van der Waals surface area contributed by atoms with Crippen molar-refractivity contribution in [2.75, 3.05) is 0 Å². The van der Waals surface area contributed by atoms with E-state index in [1.807, 2.05) is 60.7 Å². The van der Waals surface area contributed by atoms with Gasteiger partial charge in [-0.25, -0.2) is 19.2 Å². The molecule has 0 atom stereocenters. The second-order valence-corrected chi connectivity index (χ2v) is 7.74. The van der Waals surface area contributed by atoms with E-state index < -0.39 is 46.1 Å². The molecule has 0 heterocycles. The predicted molar refractivity (Wildman–Crippen MR) is 136 cm³/mol. The number of carbonyl (C=O) groups excluding carboxylic acids is 1. The van der Waals surface area contributed by atoms with Crippen molar-refractivity contribution < 1.29 is 44.4 Å². The van der Waals surface area contributed by atoms with Crippen LogP contribution < -0.4 is 0 Å². The molecule has 0 fully saturated rings. The number of carbonyl (C=O) groups is 5. The van der Waals surface area contributed by atoms with Crippen LogP contribution in [-0.4, -0.2) is 50.1 Å². The summed E-state index contributed by atoms with van der Waals surface area (Å²) in [5.41, 5.74) is -2.21. The molecule has 4 N–H and O–H groups in total. The van der Waals surface area contributed by atoms with Crippen molar-refractivity contribution >= 4 is 29.7 Å². The summed E-state index contributed by atoms with van der Waals surface area (Å²) in [4.78, 5) is 57.6. The first-order valence-electron chi connectivity index (χ1n) is 11.0. The van der Waals surface area contributed by atoms with Gasteiger partial charge in [0.2, 0.25) is 0 Å². The highest BCUT2D eigenvalue weighted by Gasteiger charge is 2.32. The molecule has 4 aromatic carbocycles. The van der Waals surface area contributed by atoms with Gasteiger partial charge in [-0.1, -0.05) is 91.0 Å². The minimum absolute atomic E-state index is 0.0752. The van der Waals surface area contributed by atoms with Crippen LogP contribution in [0.15, 0.2) is 97.1 Å². The fourth-order valence-corrected chi connectivity index (χ4v) is 3.70. The highest BCUT2D eigenvalue weighted by molar-refractivity contribution is 6.16. The van der Waals surface area contributed by atoms with Gasteiger partial charge in [-0.2, -0.15) is 0 Å². The summed E-state index contributed by atoms with van der Waals surface area (Å²) in [5, 5.41) is 37.1. The molecule has 0 spiro atoms. The van der Waals surface area contributed by atoms with Crippen LogP contribution in [0.2, 0.25) is 0 Å². The van der Waals surface area contributed by atoms with Crippen LogP contribution in [0.3, 0.4) is 0 Å². The molecule has 4 rings (SSSR count). The maximum Gasteiger partial charge on any atom is 0.337 e. The first kappa shape index (κ1) is 27.0. The van der Waals surface area contributed by atoms with Crippen LogP contribution in [-0.2, 0) is 0 Å². The largest absolute Gasteiger partial charge is 0.478 e. The van der Waals surface area contributed by atoms with Crippen LogP contribution in [0.1, 0.15) is 57.4 Å². The number of hydrogen-bond acceptors (Lipinski definition) is 5. The number of carboxylic acids is 4. The highest BCUT2D eigenvalue weighted by Crippen LogP contribution is 2.32. The van der Waals surface area contributed by atoms with Crippen LogP contribution >= 0.6 is 0 Å². The number of carboxylic acid groups (broad SMARTS) is 4. The summed E-state index contributed by atoms with van der Waals surface area (Å²) in [6, 6.07) is 27.1. The molecule has 38 heavy (non-hydrogen) atoms. The third-order valence-corrected chi connectivity index (χ3v) is 5.36. The Morgan fingerprint density at radius 3 is 1.21 bits per heavy atom. The van der Waals surface area contributed by atoms with E-state index in [1.165, 1.54) is 12.1 Å². The summed E-state index contributed by atoms with van der Waals surface area (Å²) >= 11 is 0. The molecule has 0 amide bonds. The van der Waals surface area contributed by atoms with Crippen LogP contribution in [0.4, 0.5) is 0 Å². The zero-order chi connectivity index (χ0) is 27.8. The van der Waals surface area contributed by atoms with Gasteiger partial charge in [0.25, 0.3) is 0 Å². The van der Waals surface area contributed by atoms with Gasteiger partial charge in [-0.3, -0.25) is 4.79 Å². The number of aromatic carboxylic acids is 4. The van der Waals surface area contributed by atoms with E-state index in [1.54, 1.807) is 18.2 Å². The van der Waals surface area contributed by atoms with Crippen LogP contribution in [0, 0.1) is 0 Å². The van der Waals surface area contributed by atoms with E-state index in [0.717, 1.165) is 17.2 Å². The Morgan fingerprint density at radius 1 is 0.447 bits per heavy atom. The number of rotatable bonds is 7. The number of benzene rings is 4. The first-order valence-corrected chi connectivity index (χ1v) is 11.0. The van der Waals surface area contributed by atoms with Crippen LogP contribution in [0.5, 0.6) is 0 Å². The Bertz CT molecular complexity index is 1470. The Morgan fingerprint density at radius 2 is 0.842 bits per heavy atom. The second kappa shape index (κ2) is 11.9. The van der Waals surface area contributed by atoms with Crippen molar-refractivity contribution in [3.05, 3.63) is 130 Å². The third kappa shape index (κ3) is 5.97. The van der Waals surface area contributed by atoms with E-state index in [4.69, 9.17) is 0 Å². The Balaban J connectivity index is 0.000000241. The predicted octanol–water partition coefficient (Wildman–Crippen LogP) is 5.06. The SMILES string of the molecule is O=C(O)c1cc(-c2ccccc2)c(C(=O)O)c(C(=O)O)c1C(=O)O.O=C(c1ccccc1)c1ccccc1. The van der Waals surface area contributed by atoms with Gasteiger partial charge < -0.3 is 20.4 Å². The molecule has 0 aliphatic carbocycles. The van der Waals surface area contributed by atoms with Gasteiger partial charge in [0.05, 0.1) is 22.3 Å². The minimum atomic E-state index is -1.84. The normalized spacial score (nSPS) is 10.0. The molecule has 9 heteroatoms. The summed E-state index contributed by atoms with van der Waals surface area (Å²) in [6.07, 6.45) is 0. The molecule has 0 unspecified atom stereocenters. The smallest absolute Gasteiger partial charge is 0.337 e. The lowest BCUT2D eigenvalue weighted by atomic mass is 9.88. The Hall–Kier alpha value is -5.57. The molecule has 0 aliphatic heterocycles. The molecule has 9 nitrogen and oxygen atoms in total. The lowest BCUT2D eigenvalue weighted by Crippen LogP contribution is -2.20. The minimum Gasteiger partial charge on any atom is -0.478 e. The summed E-state index contributed by atoms with van der Waals surface area (Å²) in [5.74, 6) is -6.96. The van der Waals surface area contributed by atoms with Crippen molar-refractivity contribution in [3.63, 3.8) is 0 Å². The van der Waals surface area contributed by atoms with E-state index in [2.05, 4.69) is 0 Å². The monoisotopic (exact) mass is 512 g/mol. The molecule has 190 valence electrons. The molecule has 0 bridgehead atoms. The average molecular weight is 512 g/mol. The summed E-state index contributed by atoms with van der Waals surface area (Å²) in [7, 11) is 0. The van der Waals surface area contributed by atoms with E-state index in [9.17, 15) is 44.4 Å². The zero-order valence-electron chi connectivity index (χ0n) is 19.6. The number of hydrogen-bond donors (Lipinski definition) is 4. The maximum atomic E-state index is 11.8. The molecular weight excluding hydrogens is 492 g/mol. The lowest BCUT2D eigenvalue weighted by Gasteiger charge is -2.14. The standard InChI is InChI=1S/C16H10O8.C13H10O/c17-13(18)9-6-8(7-4-2-1-3-5-7)10(14(19)20)12(16(23)24)11(9)15(21)22;14-13(11-7-3-1-4-8-11)12-9-5-2-6-10-12/h1-6H,(H,17,18)(H,19,20)(H,21,22)(H,23,24);1-10H. The van der Waals surface area contributed by atoms with Crippen molar-refractivity contribution in [2.24, 2.45) is 0 Å². The van der Waals surface area contributed by atoms with Crippen molar-refractivity contribution in [1.82, 2.24) is 0 Å². The van der Waals surface area contributed by atoms with Crippen LogP contribution in [0.25, 0.3) is 11.1 Å². The zero-order valence-corrected chi connectivity index (χ0v) is 19.6. The molecule has 0 aliphatic rings. The van der Waals surface area contributed by atoms with Crippen molar-refractivity contribution in [2.45, 2.75) is 0 Å². The highest BCUT2D eigenvalue weighted by atomic mass is 16.4. The Labute approximate surface area is 215 Å². The molecule has 0 radical (unpaired) electrons. The fraction of sp³-hybridized carbons (Fsp3) is 0. The van der Waals surface area contributed by atoms with Gasteiger partial charge in [0.1, 0.15) is 0 Å². The lowest BCUT2D eigenvalue weighted by molar-refractivity contribution is 0.0620. The Kier molecular flexibility index (Phi) is 8.47. The molecule has 4 aromatic rings. The topological polar surface area (TPSA) is 166 Å². The van der Waals surface area contributed by atoms with Gasteiger partial charge >= 0.3 is 23.9 Å². The molecule has 0 saturated carbocycles. The molecule has 0 saturated heterocycles. The second-order valence-electron chi connectivity index (χ2n) is 7.74. The maximum absolute atomic E-state index is 11.8. The number of ketones is 1. The van der Waals surface area contributed by atoms with Gasteiger partial charge in [-0.05, 0) is 17.2 Å². The third-order valence-electron chi connectivity index (χ3n) is 5.36. The molecule has 0 aromatic heterocycles. The van der Waals surface area contributed by atoms with E-state index >= 15 is 0 Å². The van der Waals surface area contributed by atoms with E-state index in [-0.39, 0.29) is 16.9 Å². The fourth-order valence-electron chi connectivity index (χ4n) is 3.70. The van der Waals surface area contributed by atoms with Crippen molar-refractivity contribution in [3.8, 4) is 11.1 Å².